The second-order valence-corrected chi connectivity index (χ2v) is 5.96. The largest absolute Gasteiger partial charge is 0.496 e. The molecule has 0 aliphatic rings. The monoisotopic (exact) mass is 349 g/mol. The van der Waals surface area contributed by atoms with Crippen molar-refractivity contribution in [2.75, 3.05) is 7.11 Å². The van der Waals surface area contributed by atoms with Crippen LogP contribution in [0.25, 0.3) is 28.0 Å². The van der Waals surface area contributed by atoms with Gasteiger partial charge in [0.05, 0.1) is 12.8 Å². The van der Waals surface area contributed by atoms with Gasteiger partial charge in [0.15, 0.2) is 5.65 Å². The molecule has 1 N–H and O–H groups in total. The molecule has 0 radical (unpaired) electrons. The predicted octanol–water partition coefficient (Wildman–Crippen LogP) is 3.81. The molecule has 0 aliphatic heterocycles. The van der Waals surface area contributed by atoms with Gasteiger partial charge in [-0.1, -0.05) is 24.3 Å². The first-order valence-electron chi connectivity index (χ1n) is 8.10. The molecule has 0 atom stereocenters. The average Bonchev–Trinajstić information content (AvgIpc) is 2.99. The van der Waals surface area contributed by atoms with Crippen molar-refractivity contribution in [3.05, 3.63) is 76.5 Å². The molecule has 0 saturated heterocycles. The normalized spacial score (nSPS) is 11.0. The third kappa shape index (κ3) is 2.56. The number of fused-ring (bicyclic) bond motifs is 1. The van der Waals surface area contributed by atoms with Crippen LogP contribution in [0.2, 0.25) is 0 Å². The van der Waals surface area contributed by atoms with Crippen LogP contribution in [-0.4, -0.2) is 21.7 Å². The van der Waals surface area contributed by atoms with Gasteiger partial charge in [-0.15, -0.1) is 0 Å². The zero-order chi connectivity index (χ0) is 18.3. The minimum absolute atomic E-state index is 0.229. The number of hydrogen-bond acceptors (Lipinski definition) is 3. The van der Waals surface area contributed by atoms with Crippen LogP contribution in [0.4, 0.5) is 4.39 Å². The Balaban J connectivity index is 2.01. The number of aryl methyl sites for hydroxylation is 1. The smallest absolute Gasteiger partial charge is 0.273 e. The number of benzene rings is 2. The Morgan fingerprint density at radius 3 is 2.58 bits per heavy atom. The van der Waals surface area contributed by atoms with E-state index in [1.54, 1.807) is 19.2 Å². The van der Waals surface area contributed by atoms with Crippen molar-refractivity contribution in [2.45, 2.75) is 6.92 Å². The van der Waals surface area contributed by atoms with E-state index in [1.807, 2.05) is 31.2 Å². The topological polar surface area (TPSA) is 59.4 Å². The van der Waals surface area contributed by atoms with E-state index in [9.17, 15) is 9.18 Å². The van der Waals surface area contributed by atoms with Crippen LogP contribution in [0.1, 0.15) is 5.69 Å². The van der Waals surface area contributed by atoms with E-state index in [4.69, 9.17) is 9.72 Å². The molecular weight excluding hydrogens is 333 g/mol. The fourth-order valence-electron chi connectivity index (χ4n) is 3.11. The number of nitrogens with one attached hydrogen (secondary N) is 1. The van der Waals surface area contributed by atoms with Gasteiger partial charge in [-0.25, -0.2) is 13.9 Å². The first kappa shape index (κ1) is 16.1. The van der Waals surface area contributed by atoms with Gasteiger partial charge in [0.1, 0.15) is 11.6 Å². The maximum absolute atomic E-state index is 13.3. The highest BCUT2D eigenvalue weighted by molar-refractivity contribution is 5.81. The van der Waals surface area contributed by atoms with Crippen LogP contribution < -0.4 is 10.3 Å². The van der Waals surface area contributed by atoms with Crippen LogP contribution in [0.15, 0.2) is 59.4 Å². The molecule has 0 aliphatic carbocycles. The molecule has 0 unspecified atom stereocenters. The maximum atomic E-state index is 13.3. The van der Waals surface area contributed by atoms with Crippen molar-refractivity contribution in [1.82, 2.24) is 14.6 Å². The molecule has 0 amide bonds. The van der Waals surface area contributed by atoms with E-state index in [0.717, 1.165) is 22.4 Å². The Hall–Kier alpha value is -3.41. The Bertz CT molecular complexity index is 1160. The van der Waals surface area contributed by atoms with E-state index in [1.165, 1.54) is 22.7 Å². The van der Waals surface area contributed by atoms with Gasteiger partial charge in [0.2, 0.25) is 0 Å². The molecular formula is C20H16FN3O2. The standard InChI is InChI=1S/C20H16FN3O2/c1-12-19(13-7-9-14(21)10-8-13)20-22-16(11-18(25)24(20)23-12)15-5-3-4-6-17(15)26-2/h3-11,23H,1-2H3. The van der Waals surface area contributed by atoms with Gasteiger partial charge in [-0.2, -0.15) is 0 Å². The molecule has 0 saturated carbocycles. The van der Waals surface area contributed by atoms with Crippen molar-refractivity contribution < 1.29 is 9.13 Å². The summed E-state index contributed by atoms with van der Waals surface area (Å²) < 4.78 is 20.1. The lowest BCUT2D eigenvalue weighted by Crippen LogP contribution is -2.14. The molecule has 2 aromatic carbocycles. The summed E-state index contributed by atoms with van der Waals surface area (Å²) in [6.07, 6.45) is 0. The quantitative estimate of drug-likeness (QED) is 0.612. The highest BCUT2D eigenvalue weighted by Gasteiger charge is 2.16. The van der Waals surface area contributed by atoms with Gasteiger partial charge in [0.25, 0.3) is 5.56 Å². The number of hydrogen-bond donors (Lipinski definition) is 1. The summed E-state index contributed by atoms with van der Waals surface area (Å²) in [4.78, 5) is 17.3. The zero-order valence-electron chi connectivity index (χ0n) is 14.3. The first-order chi connectivity index (χ1) is 12.6. The van der Waals surface area contributed by atoms with E-state index >= 15 is 0 Å². The number of aromatic nitrogens is 3. The van der Waals surface area contributed by atoms with Gasteiger partial charge in [-0.3, -0.25) is 9.89 Å². The molecule has 6 heteroatoms. The van der Waals surface area contributed by atoms with Crippen molar-refractivity contribution in [3.63, 3.8) is 0 Å². The molecule has 4 aromatic rings. The Kier molecular flexibility index (Phi) is 3.80. The highest BCUT2D eigenvalue weighted by Crippen LogP contribution is 2.31. The fourth-order valence-corrected chi connectivity index (χ4v) is 3.11. The second-order valence-electron chi connectivity index (χ2n) is 5.96. The zero-order valence-corrected chi connectivity index (χ0v) is 14.3. The molecule has 4 rings (SSSR count). The van der Waals surface area contributed by atoms with E-state index in [0.29, 0.717) is 17.1 Å². The Morgan fingerprint density at radius 1 is 1.12 bits per heavy atom. The molecule has 26 heavy (non-hydrogen) atoms. The summed E-state index contributed by atoms with van der Waals surface area (Å²) in [6.45, 7) is 1.86. The van der Waals surface area contributed by atoms with Crippen LogP contribution in [-0.2, 0) is 0 Å². The number of halogens is 1. The molecule has 0 spiro atoms. The second kappa shape index (κ2) is 6.15. The van der Waals surface area contributed by atoms with Crippen molar-refractivity contribution >= 4 is 5.65 Å². The number of ether oxygens (including phenoxy) is 1. The molecule has 5 nitrogen and oxygen atoms in total. The predicted molar refractivity (Wildman–Crippen MR) is 97.9 cm³/mol. The van der Waals surface area contributed by atoms with E-state index in [2.05, 4.69) is 5.10 Å². The van der Waals surface area contributed by atoms with Crippen LogP contribution in [0.5, 0.6) is 5.75 Å². The number of nitrogens with zero attached hydrogens (tertiary/aromatic N) is 2. The highest BCUT2D eigenvalue weighted by atomic mass is 19.1. The maximum Gasteiger partial charge on any atom is 0.273 e. The third-order valence-corrected chi connectivity index (χ3v) is 4.31. The third-order valence-electron chi connectivity index (χ3n) is 4.31. The molecule has 2 aromatic heterocycles. The van der Waals surface area contributed by atoms with Crippen LogP contribution in [0, 0.1) is 12.7 Å². The molecule has 0 fully saturated rings. The summed E-state index contributed by atoms with van der Waals surface area (Å²) in [6, 6.07) is 15.0. The summed E-state index contributed by atoms with van der Waals surface area (Å²) in [5.74, 6) is 0.324. The van der Waals surface area contributed by atoms with Crippen LogP contribution >= 0.6 is 0 Å². The number of para-hydroxylation sites is 1. The van der Waals surface area contributed by atoms with E-state index < -0.39 is 0 Å². The minimum atomic E-state index is -0.314. The number of aromatic amines is 1. The van der Waals surface area contributed by atoms with Crippen molar-refractivity contribution in [1.29, 1.82) is 0 Å². The summed E-state index contributed by atoms with van der Waals surface area (Å²) >= 11 is 0. The molecule has 130 valence electrons. The summed E-state index contributed by atoms with van der Waals surface area (Å²) in [5, 5.41) is 3.03. The molecule has 2 heterocycles. The number of methoxy groups -OCH3 is 1. The van der Waals surface area contributed by atoms with Crippen LogP contribution in [0.3, 0.4) is 0 Å². The Labute approximate surface area is 148 Å². The van der Waals surface area contributed by atoms with Gasteiger partial charge in [-0.05, 0) is 36.8 Å². The fraction of sp³-hybridized carbons (Fsp3) is 0.100. The summed E-state index contributed by atoms with van der Waals surface area (Å²) in [7, 11) is 1.58. The van der Waals surface area contributed by atoms with Crippen molar-refractivity contribution in [2.24, 2.45) is 0 Å². The van der Waals surface area contributed by atoms with Crippen molar-refractivity contribution in [3.8, 4) is 28.1 Å². The number of H-pyrrole nitrogens is 1. The summed E-state index contributed by atoms with van der Waals surface area (Å²) in [5.41, 5.74) is 3.84. The SMILES string of the molecule is COc1ccccc1-c1cc(=O)n2[nH]c(C)c(-c3ccc(F)cc3)c2n1. The lowest BCUT2D eigenvalue weighted by molar-refractivity contribution is 0.416. The Morgan fingerprint density at radius 2 is 1.85 bits per heavy atom. The molecule has 0 bridgehead atoms. The average molecular weight is 349 g/mol. The first-order valence-corrected chi connectivity index (χ1v) is 8.10. The lowest BCUT2D eigenvalue weighted by atomic mass is 10.1. The van der Waals surface area contributed by atoms with E-state index in [-0.39, 0.29) is 11.4 Å². The minimum Gasteiger partial charge on any atom is -0.496 e. The lowest BCUT2D eigenvalue weighted by Gasteiger charge is -2.08. The van der Waals surface area contributed by atoms with Gasteiger partial charge in [0, 0.05) is 22.9 Å². The van der Waals surface area contributed by atoms with Gasteiger partial charge < -0.3 is 4.74 Å². The van der Waals surface area contributed by atoms with Gasteiger partial charge >= 0.3 is 0 Å². The number of rotatable bonds is 3.